The summed E-state index contributed by atoms with van der Waals surface area (Å²) in [4.78, 5) is 34.3. The van der Waals surface area contributed by atoms with Gasteiger partial charge in [-0.05, 0) is 88.3 Å². The lowest BCUT2D eigenvalue weighted by Gasteiger charge is -2.26. The number of fused-ring (bicyclic) bond motifs is 1. The largest absolute Gasteiger partial charge is 0.488 e. The van der Waals surface area contributed by atoms with Crippen LogP contribution in [0.5, 0.6) is 5.75 Å². The first-order chi connectivity index (χ1) is 22.9. The van der Waals surface area contributed by atoms with Gasteiger partial charge in [0.25, 0.3) is 5.56 Å². The van der Waals surface area contributed by atoms with E-state index < -0.39 is 12.0 Å². The monoisotopic (exact) mass is 721 g/mol. The molecule has 0 unspecified atom stereocenters. The van der Waals surface area contributed by atoms with Crippen molar-refractivity contribution in [3.8, 4) is 11.8 Å². The Morgan fingerprint density at radius 1 is 1.06 bits per heavy atom. The van der Waals surface area contributed by atoms with E-state index >= 15 is 0 Å². The highest BCUT2D eigenvalue weighted by Gasteiger charge is 2.35. The molecule has 0 saturated heterocycles. The maximum absolute atomic E-state index is 14.2. The molecule has 0 spiro atoms. The number of carbonyl (C=O) groups is 1. The summed E-state index contributed by atoms with van der Waals surface area (Å²) in [5.41, 5.74) is 4.43. The van der Waals surface area contributed by atoms with E-state index in [2.05, 4.69) is 22.0 Å². The predicted octanol–water partition coefficient (Wildman–Crippen LogP) is 6.87. The van der Waals surface area contributed by atoms with Gasteiger partial charge in [-0.3, -0.25) is 9.36 Å². The van der Waals surface area contributed by atoms with E-state index in [1.54, 1.807) is 35.4 Å². The standard InChI is InChI=1S/C37H28BrN3O4S2/c1-3-44-36(43)32-33(26-7-5-4-6-8-26)40-37-41(34(32)27-14-16-28(46-2)17-15-27)35(42)31(47-37)20-25-13-18-30(29(38)19-25)45-22-24-11-9-23(21-39)10-12-24/h4-20,34H,3,22H2,1-2H3/b31-20-/t34-/m0/s1. The summed E-state index contributed by atoms with van der Waals surface area (Å²) < 4.78 is 14.4. The van der Waals surface area contributed by atoms with Gasteiger partial charge in [-0.25, -0.2) is 9.79 Å². The van der Waals surface area contributed by atoms with Crippen molar-refractivity contribution in [2.75, 3.05) is 12.9 Å². The Balaban J connectivity index is 1.43. The molecule has 10 heteroatoms. The van der Waals surface area contributed by atoms with Gasteiger partial charge in [-0.15, -0.1) is 11.8 Å². The number of hydrogen-bond acceptors (Lipinski definition) is 8. The molecular weight excluding hydrogens is 694 g/mol. The summed E-state index contributed by atoms with van der Waals surface area (Å²) in [6, 6.07) is 31.6. The molecule has 234 valence electrons. The molecule has 0 fully saturated rings. The minimum absolute atomic E-state index is 0.190. The zero-order valence-corrected chi connectivity index (χ0v) is 28.7. The number of thiazole rings is 1. The lowest BCUT2D eigenvalue weighted by atomic mass is 9.93. The molecule has 1 atom stereocenters. The van der Waals surface area contributed by atoms with Crippen LogP contribution in [0.15, 0.2) is 122 Å². The van der Waals surface area contributed by atoms with Crippen molar-refractivity contribution in [2.24, 2.45) is 4.99 Å². The van der Waals surface area contributed by atoms with Gasteiger partial charge in [0.1, 0.15) is 12.4 Å². The van der Waals surface area contributed by atoms with Crippen molar-refractivity contribution < 1.29 is 14.3 Å². The van der Waals surface area contributed by atoms with Crippen LogP contribution >= 0.6 is 39.0 Å². The van der Waals surface area contributed by atoms with Crippen molar-refractivity contribution >= 4 is 56.8 Å². The van der Waals surface area contributed by atoms with Crippen LogP contribution in [0.2, 0.25) is 0 Å². The van der Waals surface area contributed by atoms with Crippen LogP contribution in [0.3, 0.4) is 0 Å². The third kappa shape index (κ3) is 6.88. The quantitative estimate of drug-likeness (QED) is 0.122. The second kappa shape index (κ2) is 14.4. The highest BCUT2D eigenvalue weighted by atomic mass is 79.9. The van der Waals surface area contributed by atoms with Gasteiger partial charge in [0.2, 0.25) is 0 Å². The van der Waals surface area contributed by atoms with E-state index in [1.165, 1.54) is 11.3 Å². The van der Waals surface area contributed by atoms with Gasteiger partial charge < -0.3 is 9.47 Å². The topological polar surface area (TPSA) is 93.7 Å². The predicted molar refractivity (Wildman–Crippen MR) is 189 cm³/mol. The van der Waals surface area contributed by atoms with Gasteiger partial charge in [-0.2, -0.15) is 5.26 Å². The molecule has 0 N–H and O–H groups in total. The number of carbonyl (C=O) groups excluding carboxylic acids is 1. The first kappa shape index (κ1) is 32.3. The van der Waals surface area contributed by atoms with Crippen LogP contribution in [0.25, 0.3) is 11.8 Å². The van der Waals surface area contributed by atoms with E-state index in [4.69, 9.17) is 19.7 Å². The van der Waals surface area contributed by atoms with Gasteiger partial charge in [0.05, 0.1) is 44.6 Å². The molecule has 0 bridgehead atoms. The average Bonchev–Trinajstić information content (AvgIpc) is 3.41. The molecule has 0 amide bonds. The van der Waals surface area contributed by atoms with Crippen LogP contribution in [-0.4, -0.2) is 23.4 Å². The SMILES string of the molecule is CCOC(=O)C1=C(c2ccccc2)N=c2s/c(=C\c3ccc(OCc4ccc(C#N)cc4)c(Br)c3)c(=O)n2[C@H]1c1ccc(SC)cc1. The molecule has 47 heavy (non-hydrogen) atoms. The molecule has 7 nitrogen and oxygen atoms in total. The van der Waals surface area contributed by atoms with Crippen LogP contribution in [0.1, 0.15) is 40.8 Å². The normalized spacial score (nSPS) is 14.3. The van der Waals surface area contributed by atoms with E-state index in [-0.39, 0.29) is 12.2 Å². The Labute approximate surface area is 288 Å². The lowest BCUT2D eigenvalue weighted by Crippen LogP contribution is -2.40. The third-order valence-corrected chi connectivity index (χ3v) is 9.88. The molecular formula is C37H28BrN3O4S2. The lowest BCUT2D eigenvalue weighted by molar-refractivity contribution is -0.138. The third-order valence-electron chi connectivity index (χ3n) is 7.54. The maximum atomic E-state index is 14.2. The molecule has 1 aromatic heterocycles. The molecule has 5 aromatic rings. The number of aromatic nitrogens is 1. The Bertz CT molecular complexity index is 2200. The Morgan fingerprint density at radius 2 is 1.81 bits per heavy atom. The molecule has 0 aliphatic carbocycles. The van der Waals surface area contributed by atoms with Gasteiger partial charge >= 0.3 is 5.97 Å². The number of benzene rings is 4. The second-order valence-electron chi connectivity index (χ2n) is 10.5. The van der Waals surface area contributed by atoms with E-state index in [1.807, 2.05) is 97.3 Å². The van der Waals surface area contributed by atoms with E-state index in [0.717, 1.165) is 31.6 Å². The summed E-state index contributed by atoms with van der Waals surface area (Å²) in [5, 5.41) is 9.03. The minimum atomic E-state index is -0.733. The van der Waals surface area contributed by atoms with Crippen molar-refractivity contribution in [1.82, 2.24) is 4.57 Å². The molecule has 6 rings (SSSR count). The fourth-order valence-electron chi connectivity index (χ4n) is 5.25. The summed E-state index contributed by atoms with van der Waals surface area (Å²) in [6.45, 7) is 2.29. The van der Waals surface area contributed by atoms with Gasteiger partial charge in [0, 0.05) is 10.5 Å². The zero-order chi connectivity index (χ0) is 32.9. The number of esters is 1. The Hall–Kier alpha value is -4.69. The number of halogens is 1. The molecule has 0 saturated carbocycles. The zero-order valence-electron chi connectivity index (χ0n) is 25.5. The van der Waals surface area contributed by atoms with Gasteiger partial charge in [0.15, 0.2) is 4.80 Å². The maximum Gasteiger partial charge on any atom is 0.338 e. The minimum Gasteiger partial charge on any atom is -0.488 e. The summed E-state index contributed by atoms with van der Waals surface area (Å²) in [6.07, 6.45) is 3.82. The van der Waals surface area contributed by atoms with E-state index in [0.29, 0.717) is 38.5 Å². The first-order valence-corrected chi connectivity index (χ1v) is 17.6. The number of rotatable bonds is 9. The average molecular weight is 723 g/mol. The molecule has 0 radical (unpaired) electrons. The molecule has 2 heterocycles. The van der Waals surface area contributed by atoms with Crippen molar-refractivity contribution in [3.05, 3.63) is 155 Å². The van der Waals surface area contributed by atoms with Crippen LogP contribution < -0.4 is 19.6 Å². The summed E-state index contributed by atoms with van der Waals surface area (Å²) >= 11 is 6.51. The smallest absolute Gasteiger partial charge is 0.338 e. The summed E-state index contributed by atoms with van der Waals surface area (Å²) in [7, 11) is 0. The molecule has 1 aliphatic rings. The first-order valence-electron chi connectivity index (χ1n) is 14.7. The number of hydrogen-bond donors (Lipinski definition) is 0. The van der Waals surface area contributed by atoms with E-state index in [9.17, 15) is 9.59 Å². The van der Waals surface area contributed by atoms with Crippen LogP contribution in [0, 0.1) is 11.3 Å². The Kier molecular flexibility index (Phi) is 9.87. The number of thioether (sulfide) groups is 1. The number of nitrogens with zero attached hydrogens (tertiary/aromatic N) is 3. The number of nitriles is 1. The van der Waals surface area contributed by atoms with Crippen molar-refractivity contribution in [1.29, 1.82) is 5.26 Å². The second-order valence-corrected chi connectivity index (χ2v) is 13.2. The Morgan fingerprint density at radius 3 is 2.47 bits per heavy atom. The van der Waals surface area contributed by atoms with Crippen LogP contribution in [-0.2, 0) is 16.1 Å². The number of ether oxygens (including phenoxy) is 2. The molecule has 4 aromatic carbocycles. The van der Waals surface area contributed by atoms with Crippen LogP contribution in [0.4, 0.5) is 0 Å². The highest BCUT2D eigenvalue weighted by molar-refractivity contribution is 9.10. The van der Waals surface area contributed by atoms with Crippen molar-refractivity contribution in [2.45, 2.75) is 24.5 Å². The highest BCUT2D eigenvalue weighted by Crippen LogP contribution is 2.36. The molecule has 1 aliphatic heterocycles. The summed E-state index contributed by atoms with van der Waals surface area (Å²) in [5.74, 6) is 0.136. The fourth-order valence-corrected chi connectivity index (χ4v) is 7.17. The van der Waals surface area contributed by atoms with Crippen molar-refractivity contribution in [3.63, 3.8) is 0 Å². The van der Waals surface area contributed by atoms with Gasteiger partial charge in [-0.1, -0.05) is 72.0 Å². The fraction of sp³-hybridized carbons (Fsp3) is 0.135.